The number of hydrogen-bond donors (Lipinski definition) is 1. The summed E-state index contributed by atoms with van der Waals surface area (Å²) >= 11 is 0. The molecule has 0 aliphatic heterocycles. The Kier molecular flexibility index (Phi) is 4.74. The van der Waals surface area contributed by atoms with Crippen molar-refractivity contribution in [1.82, 2.24) is 14.8 Å². The molecule has 0 atom stereocenters. The highest BCUT2D eigenvalue weighted by Gasteiger charge is 2.24. The summed E-state index contributed by atoms with van der Waals surface area (Å²) in [6.07, 6.45) is 0.193. The Bertz CT molecular complexity index is 723. The van der Waals surface area contributed by atoms with Crippen molar-refractivity contribution in [2.24, 2.45) is 0 Å². The van der Waals surface area contributed by atoms with Crippen LogP contribution in [0, 0.1) is 6.92 Å². The molecule has 0 spiro atoms. The molecular weight excluding hydrogens is 290 g/mol. The van der Waals surface area contributed by atoms with Crippen molar-refractivity contribution in [3.8, 4) is 11.4 Å². The standard InChI is InChI=1S/C14H19N3O3S/c1-3-17-13(12-8-5-4-7-11(12)2)15-16-14(17)21(19,20)10-6-9-18/h4-5,7-8,18H,3,6,9-10H2,1-2H3. The predicted octanol–water partition coefficient (Wildman–Crippen LogP) is 1.43. The second-order valence-corrected chi connectivity index (χ2v) is 6.76. The van der Waals surface area contributed by atoms with Crippen molar-refractivity contribution in [1.29, 1.82) is 0 Å². The van der Waals surface area contributed by atoms with E-state index in [0.717, 1.165) is 11.1 Å². The molecule has 0 saturated carbocycles. The Morgan fingerprint density at radius 1 is 1.24 bits per heavy atom. The lowest BCUT2D eigenvalue weighted by molar-refractivity contribution is 0.295. The van der Waals surface area contributed by atoms with Gasteiger partial charge in [-0.25, -0.2) is 8.42 Å². The number of aromatic nitrogens is 3. The SMILES string of the molecule is CCn1c(-c2ccccc2C)nnc1S(=O)(=O)CCCO. The summed E-state index contributed by atoms with van der Waals surface area (Å²) in [4.78, 5) is 0. The number of hydrogen-bond acceptors (Lipinski definition) is 5. The minimum absolute atomic E-state index is 0.0308. The first-order valence-electron chi connectivity index (χ1n) is 6.84. The van der Waals surface area contributed by atoms with Gasteiger partial charge in [0.2, 0.25) is 15.0 Å². The second-order valence-electron chi connectivity index (χ2n) is 4.76. The largest absolute Gasteiger partial charge is 0.396 e. The van der Waals surface area contributed by atoms with Gasteiger partial charge in [-0.1, -0.05) is 24.3 Å². The minimum atomic E-state index is -3.54. The molecule has 0 fully saturated rings. The third kappa shape index (κ3) is 3.14. The van der Waals surface area contributed by atoms with Crippen LogP contribution in [0.15, 0.2) is 29.4 Å². The van der Waals surface area contributed by atoms with E-state index in [9.17, 15) is 8.42 Å². The van der Waals surface area contributed by atoms with Crippen LogP contribution in [0.2, 0.25) is 0 Å². The topological polar surface area (TPSA) is 85.1 Å². The molecule has 1 aromatic carbocycles. The first kappa shape index (κ1) is 15.7. The summed E-state index contributed by atoms with van der Waals surface area (Å²) in [6.45, 7) is 4.11. The highest BCUT2D eigenvalue weighted by Crippen LogP contribution is 2.24. The Balaban J connectivity index is 2.51. The van der Waals surface area contributed by atoms with Gasteiger partial charge >= 0.3 is 0 Å². The average Bonchev–Trinajstić information content (AvgIpc) is 2.90. The maximum Gasteiger partial charge on any atom is 0.249 e. The zero-order valence-electron chi connectivity index (χ0n) is 12.2. The Hall–Kier alpha value is -1.73. The fourth-order valence-electron chi connectivity index (χ4n) is 2.17. The highest BCUT2D eigenvalue weighted by molar-refractivity contribution is 7.91. The molecule has 7 heteroatoms. The molecule has 2 rings (SSSR count). The van der Waals surface area contributed by atoms with E-state index in [-0.39, 0.29) is 23.9 Å². The summed E-state index contributed by atoms with van der Waals surface area (Å²) in [5, 5.41) is 16.7. The van der Waals surface area contributed by atoms with E-state index in [1.54, 1.807) is 4.57 Å². The Morgan fingerprint density at radius 2 is 1.95 bits per heavy atom. The Morgan fingerprint density at radius 3 is 2.57 bits per heavy atom. The van der Waals surface area contributed by atoms with E-state index < -0.39 is 9.84 Å². The third-order valence-electron chi connectivity index (χ3n) is 3.27. The maximum atomic E-state index is 12.3. The lowest BCUT2D eigenvalue weighted by atomic mass is 10.1. The molecule has 1 heterocycles. The summed E-state index contributed by atoms with van der Waals surface area (Å²) in [6, 6.07) is 7.65. The zero-order valence-corrected chi connectivity index (χ0v) is 13.0. The number of aliphatic hydroxyl groups is 1. The highest BCUT2D eigenvalue weighted by atomic mass is 32.2. The van der Waals surface area contributed by atoms with Crippen molar-refractivity contribution in [2.45, 2.75) is 32.0 Å². The molecule has 0 saturated heterocycles. The van der Waals surface area contributed by atoms with E-state index in [4.69, 9.17) is 5.11 Å². The summed E-state index contributed by atoms with van der Waals surface area (Å²) in [7, 11) is -3.54. The number of benzene rings is 1. The zero-order chi connectivity index (χ0) is 15.5. The van der Waals surface area contributed by atoms with E-state index in [0.29, 0.717) is 12.4 Å². The van der Waals surface area contributed by atoms with Crippen LogP contribution in [-0.4, -0.2) is 40.6 Å². The Labute approximate surface area is 124 Å². The smallest absolute Gasteiger partial charge is 0.249 e. The fraction of sp³-hybridized carbons (Fsp3) is 0.429. The van der Waals surface area contributed by atoms with Crippen molar-refractivity contribution < 1.29 is 13.5 Å². The van der Waals surface area contributed by atoms with Crippen LogP contribution in [0.4, 0.5) is 0 Å². The normalized spacial score (nSPS) is 11.8. The average molecular weight is 309 g/mol. The number of nitrogens with zero attached hydrogens (tertiary/aromatic N) is 3. The lowest BCUT2D eigenvalue weighted by Crippen LogP contribution is -2.15. The van der Waals surface area contributed by atoms with Crippen molar-refractivity contribution in [3.05, 3.63) is 29.8 Å². The van der Waals surface area contributed by atoms with Gasteiger partial charge < -0.3 is 5.11 Å². The quantitative estimate of drug-likeness (QED) is 0.872. The van der Waals surface area contributed by atoms with Crippen LogP contribution in [-0.2, 0) is 16.4 Å². The van der Waals surface area contributed by atoms with Gasteiger partial charge in [0.25, 0.3) is 0 Å². The van der Waals surface area contributed by atoms with Crippen LogP contribution in [0.5, 0.6) is 0 Å². The molecule has 2 aromatic rings. The molecule has 6 nitrogen and oxygen atoms in total. The van der Waals surface area contributed by atoms with Crippen LogP contribution >= 0.6 is 0 Å². The van der Waals surface area contributed by atoms with Crippen molar-refractivity contribution >= 4 is 9.84 Å². The van der Waals surface area contributed by atoms with Gasteiger partial charge in [0, 0.05) is 18.7 Å². The maximum absolute atomic E-state index is 12.3. The molecule has 0 unspecified atom stereocenters. The molecule has 0 bridgehead atoms. The minimum Gasteiger partial charge on any atom is -0.396 e. The first-order valence-corrected chi connectivity index (χ1v) is 8.49. The fourth-order valence-corrected chi connectivity index (χ4v) is 3.58. The van der Waals surface area contributed by atoms with Gasteiger partial charge in [-0.05, 0) is 25.8 Å². The summed E-state index contributed by atoms with van der Waals surface area (Å²) in [5.41, 5.74) is 1.88. The lowest BCUT2D eigenvalue weighted by Gasteiger charge is -2.09. The first-order chi connectivity index (χ1) is 10.0. The van der Waals surface area contributed by atoms with Crippen LogP contribution < -0.4 is 0 Å². The van der Waals surface area contributed by atoms with Gasteiger partial charge in [-0.3, -0.25) is 4.57 Å². The molecule has 1 N–H and O–H groups in total. The van der Waals surface area contributed by atoms with Gasteiger partial charge in [-0.2, -0.15) is 0 Å². The molecule has 0 aliphatic rings. The van der Waals surface area contributed by atoms with E-state index in [2.05, 4.69) is 10.2 Å². The number of aliphatic hydroxyl groups excluding tert-OH is 1. The second kappa shape index (κ2) is 6.36. The van der Waals surface area contributed by atoms with Gasteiger partial charge in [0.05, 0.1) is 5.75 Å². The molecule has 21 heavy (non-hydrogen) atoms. The van der Waals surface area contributed by atoms with E-state index in [1.807, 2.05) is 38.1 Å². The summed E-state index contributed by atoms with van der Waals surface area (Å²) in [5.74, 6) is 0.424. The number of rotatable bonds is 6. The van der Waals surface area contributed by atoms with Gasteiger partial charge in [0.1, 0.15) is 0 Å². The molecule has 0 amide bonds. The molecule has 1 aromatic heterocycles. The molecule has 0 radical (unpaired) electrons. The molecule has 0 aliphatic carbocycles. The molecule has 114 valence electrons. The van der Waals surface area contributed by atoms with E-state index in [1.165, 1.54) is 0 Å². The van der Waals surface area contributed by atoms with Crippen LogP contribution in [0.3, 0.4) is 0 Å². The number of aryl methyl sites for hydroxylation is 1. The molecular formula is C14H19N3O3S. The van der Waals surface area contributed by atoms with E-state index >= 15 is 0 Å². The number of sulfone groups is 1. The monoisotopic (exact) mass is 309 g/mol. The van der Waals surface area contributed by atoms with Crippen LogP contribution in [0.25, 0.3) is 11.4 Å². The predicted molar refractivity (Wildman–Crippen MR) is 79.6 cm³/mol. The summed E-state index contributed by atoms with van der Waals surface area (Å²) < 4.78 is 26.1. The van der Waals surface area contributed by atoms with Crippen LogP contribution in [0.1, 0.15) is 18.9 Å². The van der Waals surface area contributed by atoms with Crippen molar-refractivity contribution in [2.75, 3.05) is 12.4 Å². The van der Waals surface area contributed by atoms with Crippen molar-refractivity contribution in [3.63, 3.8) is 0 Å². The third-order valence-corrected chi connectivity index (χ3v) is 4.95. The van der Waals surface area contributed by atoms with Gasteiger partial charge in [-0.15, -0.1) is 10.2 Å². The van der Waals surface area contributed by atoms with Gasteiger partial charge in [0.15, 0.2) is 5.82 Å².